The lowest BCUT2D eigenvalue weighted by atomic mass is 10.1. The highest BCUT2D eigenvalue weighted by molar-refractivity contribution is 5.92. The summed E-state index contributed by atoms with van der Waals surface area (Å²) >= 11 is 0. The summed E-state index contributed by atoms with van der Waals surface area (Å²) in [6.45, 7) is 0.949. The predicted octanol–water partition coefficient (Wildman–Crippen LogP) is 2.94. The standard InChI is InChI=1S/C21H26N6O2/c28-16-10-15(11-29-12-16)23-20-17-6-5-13(18-7-8-22-27-18)9-19(17)25-21(26-20)24-14-3-1-2-4-14/h5-9,14-16,28H,1-4,10-12H2,(H,22,27)(H2,23,24,25,26)/t15-,16+/m1/s1. The van der Waals surface area contributed by atoms with Gasteiger partial charge < -0.3 is 20.5 Å². The third-order valence-corrected chi connectivity index (χ3v) is 5.72. The number of nitrogens with one attached hydrogen (secondary N) is 3. The van der Waals surface area contributed by atoms with Crippen LogP contribution in [0, 0.1) is 0 Å². The van der Waals surface area contributed by atoms with Crippen molar-refractivity contribution >= 4 is 22.7 Å². The van der Waals surface area contributed by atoms with Gasteiger partial charge in [-0.3, -0.25) is 5.10 Å². The van der Waals surface area contributed by atoms with Crippen LogP contribution >= 0.6 is 0 Å². The van der Waals surface area contributed by atoms with E-state index >= 15 is 0 Å². The van der Waals surface area contributed by atoms with E-state index in [9.17, 15) is 5.11 Å². The summed E-state index contributed by atoms with van der Waals surface area (Å²) in [6.07, 6.45) is 6.74. The van der Waals surface area contributed by atoms with E-state index in [1.54, 1.807) is 6.20 Å². The number of nitrogens with zero attached hydrogens (tertiary/aromatic N) is 3. The van der Waals surface area contributed by atoms with Crippen molar-refractivity contribution in [2.45, 2.75) is 50.3 Å². The number of H-pyrrole nitrogens is 1. The Labute approximate surface area is 169 Å². The topological polar surface area (TPSA) is 108 Å². The Bertz CT molecular complexity index is 971. The van der Waals surface area contributed by atoms with Gasteiger partial charge in [-0.15, -0.1) is 0 Å². The highest BCUT2D eigenvalue weighted by Crippen LogP contribution is 2.29. The van der Waals surface area contributed by atoms with E-state index in [2.05, 4.69) is 26.9 Å². The Morgan fingerprint density at radius 1 is 1.03 bits per heavy atom. The zero-order valence-electron chi connectivity index (χ0n) is 16.3. The maximum atomic E-state index is 9.94. The number of ether oxygens (including phenoxy) is 1. The van der Waals surface area contributed by atoms with E-state index in [0.717, 1.165) is 40.8 Å². The number of fused-ring (bicyclic) bond motifs is 1. The number of aliphatic hydroxyl groups excluding tert-OH is 1. The maximum absolute atomic E-state index is 9.94. The van der Waals surface area contributed by atoms with E-state index in [0.29, 0.717) is 31.6 Å². The Kier molecular flexibility index (Phi) is 5.03. The van der Waals surface area contributed by atoms with Crippen LogP contribution in [-0.2, 0) is 4.74 Å². The zero-order valence-corrected chi connectivity index (χ0v) is 16.3. The second kappa shape index (κ2) is 7.96. The van der Waals surface area contributed by atoms with Gasteiger partial charge in [0.05, 0.1) is 36.6 Å². The molecule has 1 aromatic carbocycles. The van der Waals surface area contributed by atoms with Crippen LogP contribution in [0.4, 0.5) is 11.8 Å². The minimum absolute atomic E-state index is 0.0171. The van der Waals surface area contributed by atoms with Gasteiger partial charge in [-0.05, 0) is 37.5 Å². The summed E-state index contributed by atoms with van der Waals surface area (Å²) < 4.78 is 5.50. The lowest BCUT2D eigenvalue weighted by Gasteiger charge is -2.28. The summed E-state index contributed by atoms with van der Waals surface area (Å²) in [5.41, 5.74) is 2.85. The Hall–Kier alpha value is -2.71. The van der Waals surface area contributed by atoms with Gasteiger partial charge in [-0.25, -0.2) is 4.98 Å². The van der Waals surface area contributed by atoms with E-state index in [1.165, 1.54) is 12.8 Å². The fourth-order valence-corrected chi connectivity index (χ4v) is 4.25. The lowest BCUT2D eigenvalue weighted by Crippen LogP contribution is -2.38. The Balaban J connectivity index is 1.51. The van der Waals surface area contributed by atoms with Gasteiger partial charge in [-0.2, -0.15) is 10.1 Å². The molecule has 8 nitrogen and oxygen atoms in total. The minimum atomic E-state index is -0.447. The van der Waals surface area contributed by atoms with Crippen LogP contribution in [0.1, 0.15) is 32.1 Å². The fraction of sp³-hybridized carbons (Fsp3) is 0.476. The Morgan fingerprint density at radius 2 is 1.93 bits per heavy atom. The van der Waals surface area contributed by atoms with E-state index < -0.39 is 6.10 Å². The average Bonchev–Trinajstić information content (AvgIpc) is 3.42. The molecule has 2 aliphatic rings. The molecule has 4 N–H and O–H groups in total. The third kappa shape index (κ3) is 4.04. The number of rotatable bonds is 5. The average molecular weight is 394 g/mol. The first-order valence-electron chi connectivity index (χ1n) is 10.3. The van der Waals surface area contributed by atoms with Crippen molar-refractivity contribution in [2.75, 3.05) is 23.8 Å². The fourth-order valence-electron chi connectivity index (χ4n) is 4.25. The number of hydrogen-bond acceptors (Lipinski definition) is 7. The number of aliphatic hydroxyl groups is 1. The summed E-state index contributed by atoms with van der Waals surface area (Å²) in [4.78, 5) is 9.59. The number of aromatic amines is 1. The molecule has 1 saturated heterocycles. The Morgan fingerprint density at radius 3 is 2.72 bits per heavy atom. The first-order valence-corrected chi connectivity index (χ1v) is 10.3. The van der Waals surface area contributed by atoms with Crippen molar-refractivity contribution in [3.63, 3.8) is 0 Å². The third-order valence-electron chi connectivity index (χ3n) is 5.72. The molecule has 29 heavy (non-hydrogen) atoms. The van der Waals surface area contributed by atoms with Gasteiger partial charge in [0.2, 0.25) is 5.95 Å². The van der Waals surface area contributed by atoms with Crippen LogP contribution in [-0.4, -0.2) is 56.7 Å². The maximum Gasteiger partial charge on any atom is 0.225 e. The number of anilines is 2. The van der Waals surface area contributed by atoms with Gasteiger partial charge in [0.25, 0.3) is 0 Å². The lowest BCUT2D eigenvalue weighted by molar-refractivity contribution is -0.0117. The minimum Gasteiger partial charge on any atom is -0.391 e. The molecule has 0 amide bonds. The van der Waals surface area contributed by atoms with E-state index in [1.807, 2.05) is 18.2 Å². The normalized spacial score (nSPS) is 22.8. The van der Waals surface area contributed by atoms with Crippen molar-refractivity contribution < 1.29 is 9.84 Å². The molecule has 5 rings (SSSR count). The smallest absolute Gasteiger partial charge is 0.225 e. The monoisotopic (exact) mass is 394 g/mol. The largest absolute Gasteiger partial charge is 0.391 e. The van der Waals surface area contributed by atoms with E-state index in [4.69, 9.17) is 14.7 Å². The molecule has 8 heteroatoms. The molecule has 0 unspecified atom stereocenters. The molecule has 2 atom stereocenters. The number of aromatic nitrogens is 4. The first kappa shape index (κ1) is 18.3. The number of hydrogen-bond donors (Lipinski definition) is 4. The molecule has 1 aliphatic heterocycles. The van der Waals surface area contributed by atoms with Gasteiger partial charge in [0.1, 0.15) is 5.82 Å². The highest BCUT2D eigenvalue weighted by atomic mass is 16.5. The van der Waals surface area contributed by atoms with Crippen LogP contribution in [0.15, 0.2) is 30.5 Å². The highest BCUT2D eigenvalue weighted by Gasteiger charge is 2.23. The summed E-state index contributed by atoms with van der Waals surface area (Å²) in [7, 11) is 0. The molecule has 3 aromatic rings. The van der Waals surface area contributed by atoms with Crippen molar-refractivity contribution in [3.8, 4) is 11.3 Å². The molecule has 0 spiro atoms. The van der Waals surface area contributed by atoms with Crippen molar-refractivity contribution in [2.24, 2.45) is 0 Å². The molecular formula is C21H26N6O2. The van der Waals surface area contributed by atoms with E-state index in [-0.39, 0.29) is 6.04 Å². The van der Waals surface area contributed by atoms with Crippen LogP contribution in [0.25, 0.3) is 22.2 Å². The van der Waals surface area contributed by atoms with Crippen LogP contribution in [0.2, 0.25) is 0 Å². The molecule has 0 radical (unpaired) electrons. The van der Waals surface area contributed by atoms with Crippen molar-refractivity contribution in [1.29, 1.82) is 0 Å². The molecule has 1 aliphatic carbocycles. The van der Waals surface area contributed by atoms with Gasteiger partial charge in [-0.1, -0.05) is 18.9 Å². The van der Waals surface area contributed by atoms with Crippen LogP contribution in [0.3, 0.4) is 0 Å². The van der Waals surface area contributed by atoms with Crippen molar-refractivity contribution in [1.82, 2.24) is 20.2 Å². The summed E-state index contributed by atoms with van der Waals surface area (Å²) in [6, 6.07) is 8.52. The second-order valence-electron chi connectivity index (χ2n) is 7.99. The molecule has 1 saturated carbocycles. The SMILES string of the molecule is O[C@@H]1COC[C@H](Nc2nc(NC3CCCC3)nc3cc(-c4ccn[nH]4)ccc23)C1. The van der Waals surface area contributed by atoms with Gasteiger partial charge >= 0.3 is 0 Å². The predicted molar refractivity (Wildman–Crippen MR) is 112 cm³/mol. The molecule has 2 aromatic heterocycles. The summed E-state index contributed by atoms with van der Waals surface area (Å²) in [5.74, 6) is 1.42. The number of benzene rings is 1. The van der Waals surface area contributed by atoms with Gasteiger partial charge in [0.15, 0.2) is 0 Å². The molecular weight excluding hydrogens is 368 g/mol. The first-order chi connectivity index (χ1) is 14.2. The molecule has 3 heterocycles. The van der Waals surface area contributed by atoms with Gasteiger partial charge in [0, 0.05) is 23.2 Å². The quantitative estimate of drug-likeness (QED) is 0.527. The summed E-state index contributed by atoms with van der Waals surface area (Å²) in [5, 5.41) is 24.9. The van der Waals surface area contributed by atoms with Crippen molar-refractivity contribution in [3.05, 3.63) is 30.5 Å². The molecule has 2 fully saturated rings. The second-order valence-corrected chi connectivity index (χ2v) is 7.99. The van der Waals surface area contributed by atoms with Crippen LogP contribution in [0.5, 0.6) is 0 Å². The molecule has 0 bridgehead atoms. The van der Waals surface area contributed by atoms with Crippen LogP contribution < -0.4 is 10.6 Å². The zero-order chi connectivity index (χ0) is 19.6. The molecule has 152 valence electrons.